The summed E-state index contributed by atoms with van der Waals surface area (Å²) in [4.78, 5) is 11.5. The van der Waals surface area contributed by atoms with E-state index in [-0.39, 0.29) is 6.61 Å². The van der Waals surface area contributed by atoms with Crippen molar-refractivity contribution in [1.82, 2.24) is 5.32 Å². The highest BCUT2D eigenvalue weighted by Gasteiger charge is 2.01. The summed E-state index contributed by atoms with van der Waals surface area (Å²) in [5.74, 6) is 0. The molecule has 6 heteroatoms. The average Bonchev–Trinajstić information content (AvgIpc) is 2.72. The lowest BCUT2D eigenvalue weighted by atomic mass is 10.2. The lowest BCUT2D eigenvalue weighted by Crippen LogP contribution is -2.28. The summed E-state index contributed by atoms with van der Waals surface area (Å²) in [6.45, 7) is 3.69. The number of rotatable bonds is 13. The number of hydrogen-bond acceptors (Lipinski definition) is 5. The van der Waals surface area contributed by atoms with Crippen molar-refractivity contribution in [3.8, 4) is 0 Å². The number of benzene rings is 2. The third-order valence-electron chi connectivity index (χ3n) is 3.58. The van der Waals surface area contributed by atoms with E-state index in [0.717, 1.165) is 11.1 Å². The van der Waals surface area contributed by atoms with E-state index in [0.29, 0.717) is 46.2 Å². The number of ether oxygens (including phenoxy) is 4. The van der Waals surface area contributed by atoms with Crippen LogP contribution in [0, 0.1) is 0 Å². The molecule has 146 valence electrons. The summed E-state index contributed by atoms with van der Waals surface area (Å²) in [5.41, 5.74) is 2.10. The number of hydrogen-bond donors (Lipinski definition) is 1. The van der Waals surface area contributed by atoms with Gasteiger partial charge < -0.3 is 24.3 Å². The van der Waals surface area contributed by atoms with Gasteiger partial charge in [-0.3, -0.25) is 0 Å². The Bertz CT molecular complexity index is 621. The first kappa shape index (κ1) is 20.9. The molecule has 1 N–H and O–H groups in total. The third-order valence-corrected chi connectivity index (χ3v) is 3.58. The summed E-state index contributed by atoms with van der Waals surface area (Å²) < 4.78 is 21.4. The van der Waals surface area contributed by atoms with E-state index in [2.05, 4.69) is 5.32 Å². The van der Waals surface area contributed by atoms with Gasteiger partial charge in [0.05, 0.1) is 39.6 Å². The molecule has 0 aliphatic rings. The molecular formula is C21H27NO5. The van der Waals surface area contributed by atoms with Crippen molar-refractivity contribution in [3.63, 3.8) is 0 Å². The maximum Gasteiger partial charge on any atom is 0.407 e. The van der Waals surface area contributed by atoms with Gasteiger partial charge >= 0.3 is 6.09 Å². The van der Waals surface area contributed by atoms with E-state index in [1.165, 1.54) is 0 Å². The van der Waals surface area contributed by atoms with Crippen LogP contribution in [-0.4, -0.2) is 45.7 Å². The Labute approximate surface area is 160 Å². The first-order valence-corrected chi connectivity index (χ1v) is 9.06. The number of amides is 1. The van der Waals surface area contributed by atoms with E-state index in [4.69, 9.17) is 18.9 Å². The van der Waals surface area contributed by atoms with Crippen LogP contribution in [0.15, 0.2) is 60.7 Å². The van der Waals surface area contributed by atoms with Crippen LogP contribution >= 0.6 is 0 Å². The molecule has 0 atom stereocenters. The summed E-state index contributed by atoms with van der Waals surface area (Å²) in [6, 6.07) is 19.6. The highest BCUT2D eigenvalue weighted by Crippen LogP contribution is 2.01. The van der Waals surface area contributed by atoms with Crippen molar-refractivity contribution in [1.29, 1.82) is 0 Å². The van der Waals surface area contributed by atoms with Crippen LogP contribution < -0.4 is 5.32 Å². The molecule has 0 unspecified atom stereocenters. The van der Waals surface area contributed by atoms with E-state index in [1.807, 2.05) is 60.7 Å². The zero-order valence-electron chi connectivity index (χ0n) is 15.5. The number of alkyl carbamates (subject to hydrolysis) is 1. The summed E-state index contributed by atoms with van der Waals surface area (Å²) in [7, 11) is 0. The molecule has 0 saturated carbocycles. The first-order valence-electron chi connectivity index (χ1n) is 9.06. The quantitative estimate of drug-likeness (QED) is 0.547. The molecule has 0 spiro atoms. The van der Waals surface area contributed by atoms with Crippen molar-refractivity contribution in [2.75, 3.05) is 39.6 Å². The van der Waals surface area contributed by atoms with E-state index < -0.39 is 6.09 Å². The molecule has 2 aromatic carbocycles. The fourth-order valence-corrected chi connectivity index (χ4v) is 2.20. The molecule has 0 fully saturated rings. The van der Waals surface area contributed by atoms with E-state index in [9.17, 15) is 4.79 Å². The Hall–Kier alpha value is -2.41. The normalized spacial score (nSPS) is 10.5. The average molecular weight is 373 g/mol. The van der Waals surface area contributed by atoms with E-state index in [1.54, 1.807) is 0 Å². The Balaban J connectivity index is 1.34. The Morgan fingerprint density at radius 2 is 1.19 bits per heavy atom. The molecule has 0 heterocycles. The summed E-state index contributed by atoms with van der Waals surface area (Å²) in [6.07, 6.45) is -0.450. The molecule has 0 aliphatic carbocycles. The van der Waals surface area contributed by atoms with Crippen LogP contribution in [0.3, 0.4) is 0 Å². The highest BCUT2D eigenvalue weighted by molar-refractivity contribution is 5.67. The van der Waals surface area contributed by atoms with Gasteiger partial charge in [0.1, 0.15) is 6.61 Å². The topological polar surface area (TPSA) is 66.0 Å². The van der Waals surface area contributed by atoms with Crippen LogP contribution in [0.25, 0.3) is 0 Å². The number of carbonyl (C=O) groups excluding carboxylic acids is 1. The van der Waals surface area contributed by atoms with Crippen LogP contribution in [0.1, 0.15) is 11.1 Å². The van der Waals surface area contributed by atoms with Crippen molar-refractivity contribution < 1.29 is 23.7 Å². The van der Waals surface area contributed by atoms with Gasteiger partial charge in [-0.15, -0.1) is 0 Å². The fourth-order valence-electron chi connectivity index (χ4n) is 2.20. The summed E-state index contributed by atoms with van der Waals surface area (Å²) >= 11 is 0. The van der Waals surface area contributed by atoms with Crippen LogP contribution in [0.2, 0.25) is 0 Å². The fraction of sp³-hybridized carbons (Fsp3) is 0.381. The second kappa shape index (κ2) is 13.7. The maximum atomic E-state index is 11.5. The zero-order valence-corrected chi connectivity index (χ0v) is 15.5. The Kier molecular flexibility index (Phi) is 10.6. The molecule has 27 heavy (non-hydrogen) atoms. The van der Waals surface area contributed by atoms with Gasteiger partial charge in [-0.25, -0.2) is 4.79 Å². The molecule has 2 aromatic rings. The number of nitrogens with one attached hydrogen (secondary N) is 1. The van der Waals surface area contributed by atoms with E-state index >= 15 is 0 Å². The monoisotopic (exact) mass is 373 g/mol. The van der Waals surface area contributed by atoms with Crippen molar-refractivity contribution in [2.24, 2.45) is 0 Å². The van der Waals surface area contributed by atoms with Crippen LogP contribution in [0.4, 0.5) is 4.79 Å². The smallest absolute Gasteiger partial charge is 0.407 e. The maximum absolute atomic E-state index is 11.5. The van der Waals surface area contributed by atoms with Crippen LogP contribution in [-0.2, 0) is 32.2 Å². The highest BCUT2D eigenvalue weighted by atomic mass is 16.6. The molecule has 6 nitrogen and oxygen atoms in total. The molecule has 0 aliphatic heterocycles. The minimum Gasteiger partial charge on any atom is -0.445 e. The zero-order chi connectivity index (χ0) is 19.0. The van der Waals surface area contributed by atoms with Gasteiger partial charge in [-0.2, -0.15) is 0 Å². The predicted octanol–water partition coefficient (Wildman–Crippen LogP) is 3.16. The molecule has 2 rings (SSSR count). The molecule has 0 aromatic heterocycles. The third kappa shape index (κ3) is 10.4. The van der Waals surface area contributed by atoms with Gasteiger partial charge in [-0.05, 0) is 11.1 Å². The van der Waals surface area contributed by atoms with Gasteiger partial charge in [0.2, 0.25) is 0 Å². The number of carbonyl (C=O) groups is 1. The second-order valence-electron chi connectivity index (χ2n) is 5.75. The molecular weight excluding hydrogens is 346 g/mol. The van der Waals surface area contributed by atoms with Gasteiger partial charge in [-0.1, -0.05) is 60.7 Å². The Morgan fingerprint density at radius 3 is 1.81 bits per heavy atom. The summed E-state index contributed by atoms with van der Waals surface area (Å²) in [5, 5.41) is 2.64. The molecule has 0 radical (unpaired) electrons. The minimum atomic E-state index is -0.450. The molecule has 0 bridgehead atoms. The van der Waals surface area contributed by atoms with Gasteiger partial charge in [0.15, 0.2) is 0 Å². The van der Waals surface area contributed by atoms with Crippen LogP contribution in [0.5, 0.6) is 0 Å². The van der Waals surface area contributed by atoms with Crippen molar-refractivity contribution >= 4 is 6.09 Å². The van der Waals surface area contributed by atoms with Gasteiger partial charge in [0.25, 0.3) is 0 Å². The molecule has 1 amide bonds. The SMILES string of the molecule is O=C(NCCOCCOCCOCc1ccccc1)OCc1ccccc1. The lowest BCUT2D eigenvalue weighted by Gasteiger charge is -2.08. The second-order valence-corrected chi connectivity index (χ2v) is 5.75. The standard InChI is InChI=1S/C21H27NO5/c23-21(27-18-20-9-5-2-6-10-20)22-11-12-24-13-14-25-15-16-26-17-19-7-3-1-4-8-19/h1-10H,11-18H2,(H,22,23). The largest absolute Gasteiger partial charge is 0.445 e. The Morgan fingerprint density at radius 1 is 0.667 bits per heavy atom. The minimum absolute atomic E-state index is 0.258. The van der Waals surface area contributed by atoms with Gasteiger partial charge in [0, 0.05) is 6.54 Å². The van der Waals surface area contributed by atoms with Crippen molar-refractivity contribution in [2.45, 2.75) is 13.2 Å². The predicted molar refractivity (Wildman–Crippen MR) is 102 cm³/mol. The first-order chi connectivity index (χ1) is 13.3. The lowest BCUT2D eigenvalue weighted by molar-refractivity contribution is 0.0111. The molecule has 0 saturated heterocycles. The van der Waals surface area contributed by atoms with Crippen molar-refractivity contribution in [3.05, 3.63) is 71.8 Å².